The number of hydrogen-bond donors (Lipinski definition) is 0. The van der Waals surface area contributed by atoms with Gasteiger partial charge in [0, 0.05) is 17.5 Å². The van der Waals surface area contributed by atoms with Crippen LogP contribution in [0.1, 0.15) is 17.0 Å². The van der Waals surface area contributed by atoms with E-state index in [1.165, 1.54) is 24.3 Å². The first-order valence-corrected chi connectivity index (χ1v) is 6.09. The monoisotopic (exact) mass is 285 g/mol. The number of halogens is 1. The molecule has 0 bridgehead atoms. The van der Waals surface area contributed by atoms with E-state index < -0.39 is 11.7 Å². The summed E-state index contributed by atoms with van der Waals surface area (Å²) in [5.41, 5.74) is 10.5. The highest BCUT2D eigenvalue weighted by Crippen LogP contribution is 2.20. The molecule has 1 heterocycles. The highest BCUT2D eigenvalue weighted by atomic mass is 19.1. The molecule has 0 spiro atoms. The summed E-state index contributed by atoms with van der Waals surface area (Å²) in [6, 6.07) is 7.17. The Morgan fingerprint density at radius 3 is 2.62 bits per heavy atom. The fourth-order valence-electron chi connectivity index (χ4n) is 1.91. The summed E-state index contributed by atoms with van der Waals surface area (Å²) in [7, 11) is 1.74. The van der Waals surface area contributed by atoms with Crippen molar-refractivity contribution in [2.75, 3.05) is 0 Å². The zero-order valence-electron chi connectivity index (χ0n) is 11.5. The van der Waals surface area contributed by atoms with Crippen LogP contribution in [0.5, 0.6) is 0 Å². The van der Waals surface area contributed by atoms with E-state index in [0.29, 0.717) is 11.3 Å². The van der Waals surface area contributed by atoms with Crippen LogP contribution in [-0.4, -0.2) is 15.7 Å². The van der Waals surface area contributed by atoms with Crippen molar-refractivity contribution in [3.63, 3.8) is 0 Å². The third-order valence-electron chi connectivity index (χ3n) is 2.85. The van der Waals surface area contributed by atoms with E-state index in [1.54, 1.807) is 23.9 Å². The zero-order chi connectivity index (χ0) is 15.4. The molecule has 2 aromatic rings. The Labute approximate surface area is 120 Å². The largest absolute Gasteiger partial charge is 0.287 e. The molecule has 0 aliphatic heterocycles. The Balaban J connectivity index is 2.55. The van der Waals surface area contributed by atoms with Crippen molar-refractivity contribution in [1.82, 2.24) is 9.78 Å². The third kappa shape index (κ3) is 3.34. The smallest absolute Gasteiger partial charge is 0.249 e. The van der Waals surface area contributed by atoms with Gasteiger partial charge in [0.1, 0.15) is 5.82 Å². The first kappa shape index (κ1) is 14.5. The zero-order valence-corrected chi connectivity index (χ0v) is 11.5. The molecule has 0 atom stereocenters. The van der Waals surface area contributed by atoms with Gasteiger partial charge in [0.25, 0.3) is 0 Å². The van der Waals surface area contributed by atoms with Crippen LogP contribution in [0.3, 0.4) is 0 Å². The van der Waals surface area contributed by atoms with Crippen LogP contribution in [0, 0.1) is 12.7 Å². The van der Waals surface area contributed by atoms with Gasteiger partial charge in [-0.05, 0) is 47.4 Å². The van der Waals surface area contributed by atoms with Gasteiger partial charge < -0.3 is 0 Å². The van der Waals surface area contributed by atoms with Crippen molar-refractivity contribution in [2.24, 2.45) is 12.2 Å². The lowest BCUT2D eigenvalue weighted by molar-refractivity contribution is -0.112. The second-order valence-corrected chi connectivity index (χ2v) is 4.39. The molecule has 0 saturated carbocycles. The molecule has 106 valence electrons. The quantitative estimate of drug-likeness (QED) is 0.375. The second kappa shape index (κ2) is 6.02. The van der Waals surface area contributed by atoms with E-state index in [1.807, 2.05) is 6.92 Å². The predicted molar refractivity (Wildman–Crippen MR) is 76.4 cm³/mol. The van der Waals surface area contributed by atoms with Crippen LogP contribution in [0.2, 0.25) is 0 Å². The molecular weight excluding hydrogens is 273 g/mol. The van der Waals surface area contributed by atoms with Crippen molar-refractivity contribution in [3.05, 3.63) is 63.5 Å². The SMILES string of the molecule is Cc1cc(/C=C(\C(=O)N=[N+]=[N-])c2ccc(F)cc2)n(C)n1. The average molecular weight is 285 g/mol. The lowest BCUT2D eigenvalue weighted by Crippen LogP contribution is -2.00. The van der Waals surface area contributed by atoms with Crippen molar-refractivity contribution in [2.45, 2.75) is 6.92 Å². The van der Waals surface area contributed by atoms with E-state index in [0.717, 1.165) is 5.69 Å². The number of benzene rings is 1. The van der Waals surface area contributed by atoms with Gasteiger partial charge in [0.15, 0.2) is 0 Å². The normalized spacial score (nSPS) is 11.1. The number of hydrogen-bond acceptors (Lipinski definition) is 2. The van der Waals surface area contributed by atoms with Crippen molar-refractivity contribution < 1.29 is 9.18 Å². The minimum absolute atomic E-state index is 0.177. The Morgan fingerprint density at radius 2 is 2.10 bits per heavy atom. The minimum Gasteiger partial charge on any atom is -0.287 e. The van der Waals surface area contributed by atoms with Gasteiger partial charge in [-0.1, -0.05) is 12.1 Å². The van der Waals surface area contributed by atoms with Gasteiger partial charge in [0.2, 0.25) is 5.91 Å². The molecule has 1 aromatic heterocycles. The molecule has 0 radical (unpaired) electrons. The highest BCUT2D eigenvalue weighted by Gasteiger charge is 2.12. The number of amides is 1. The molecule has 0 saturated heterocycles. The number of carbonyl (C=O) groups is 1. The second-order valence-electron chi connectivity index (χ2n) is 4.39. The Bertz CT molecular complexity index is 754. The molecule has 1 amide bonds. The number of rotatable bonds is 3. The van der Waals surface area contributed by atoms with Gasteiger partial charge in [-0.3, -0.25) is 9.48 Å². The van der Waals surface area contributed by atoms with Gasteiger partial charge in [-0.15, -0.1) is 0 Å². The fraction of sp³-hybridized carbons (Fsp3) is 0.143. The molecule has 0 fully saturated rings. The van der Waals surface area contributed by atoms with Crippen LogP contribution in [0.25, 0.3) is 22.1 Å². The molecule has 0 N–H and O–H groups in total. The topological polar surface area (TPSA) is 83.6 Å². The van der Waals surface area contributed by atoms with E-state index in [4.69, 9.17) is 5.53 Å². The molecule has 6 nitrogen and oxygen atoms in total. The molecule has 2 rings (SSSR count). The summed E-state index contributed by atoms with van der Waals surface area (Å²) in [4.78, 5) is 14.4. The third-order valence-corrected chi connectivity index (χ3v) is 2.85. The van der Waals surface area contributed by atoms with E-state index in [2.05, 4.69) is 15.1 Å². The van der Waals surface area contributed by atoms with Crippen molar-refractivity contribution >= 4 is 17.6 Å². The maximum atomic E-state index is 13.0. The minimum atomic E-state index is -0.733. The number of azide groups is 1. The van der Waals surface area contributed by atoms with Gasteiger partial charge in [-0.25, -0.2) is 4.39 Å². The lowest BCUT2D eigenvalue weighted by atomic mass is 10.0. The summed E-state index contributed by atoms with van der Waals surface area (Å²) in [5, 5.41) is 7.28. The maximum Gasteiger partial charge on any atom is 0.249 e. The summed E-state index contributed by atoms with van der Waals surface area (Å²) in [5.74, 6) is -1.14. The Kier molecular flexibility index (Phi) is 4.15. The van der Waals surface area contributed by atoms with E-state index in [9.17, 15) is 9.18 Å². The van der Waals surface area contributed by atoms with Crippen LogP contribution < -0.4 is 0 Å². The van der Waals surface area contributed by atoms with E-state index in [-0.39, 0.29) is 5.57 Å². The molecule has 7 heteroatoms. The highest BCUT2D eigenvalue weighted by molar-refractivity contribution is 6.24. The summed E-state index contributed by atoms with van der Waals surface area (Å²) in [6.07, 6.45) is 1.56. The molecule has 0 unspecified atom stereocenters. The molecule has 0 aliphatic carbocycles. The van der Waals surface area contributed by atoms with Crippen molar-refractivity contribution in [1.29, 1.82) is 0 Å². The molecule has 1 aromatic carbocycles. The standard InChI is InChI=1S/C14H12FN5O/c1-9-7-12(20(2)18-9)8-13(14(21)17-19-16)10-3-5-11(15)6-4-10/h3-8H,1-2H3/b13-8-. The van der Waals surface area contributed by atoms with Crippen LogP contribution in [0.15, 0.2) is 35.4 Å². The first-order valence-electron chi connectivity index (χ1n) is 6.09. The fourth-order valence-corrected chi connectivity index (χ4v) is 1.91. The number of nitrogens with zero attached hydrogens (tertiary/aromatic N) is 5. The first-order chi connectivity index (χ1) is 10.0. The molecular formula is C14H12FN5O. The average Bonchev–Trinajstić information content (AvgIpc) is 2.75. The summed E-state index contributed by atoms with van der Waals surface area (Å²) in [6.45, 7) is 1.82. The lowest BCUT2D eigenvalue weighted by Gasteiger charge is -2.04. The van der Waals surface area contributed by atoms with Gasteiger partial charge >= 0.3 is 0 Å². The molecule has 0 aliphatic rings. The number of aromatic nitrogens is 2. The summed E-state index contributed by atoms with van der Waals surface area (Å²) >= 11 is 0. The molecule has 21 heavy (non-hydrogen) atoms. The van der Waals surface area contributed by atoms with Gasteiger partial charge in [-0.2, -0.15) is 5.10 Å². The van der Waals surface area contributed by atoms with E-state index >= 15 is 0 Å². The Hall–Kier alpha value is -2.92. The van der Waals surface area contributed by atoms with Crippen LogP contribution >= 0.6 is 0 Å². The maximum absolute atomic E-state index is 13.0. The number of aryl methyl sites for hydroxylation is 2. The summed E-state index contributed by atoms with van der Waals surface area (Å²) < 4.78 is 14.6. The van der Waals surface area contributed by atoms with Gasteiger partial charge in [0.05, 0.1) is 11.4 Å². The number of carbonyl (C=O) groups excluding carboxylic acids is 1. The van der Waals surface area contributed by atoms with Crippen LogP contribution in [0.4, 0.5) is 4.39 Å². The predicted octanol–water partition coefficient (Wildman–Crippen LogP) is 3.25. The Morgan fingerprint density at radius 1 is 1.43 bits per heavy atom. The van der Waals surface area contributed by atoms with Crippen LogP contribution in [-0.2, 0) is 11.8 Å². The van der Waals surface area contributed by atoms with Crippen molar-refractivity contribution in [3.8, 4) is 0 Å².